The van der Waals surface area contributed by atoms with Gasteiger partial charge in [0.1, 0.15) is 0 Å². The first-order chi connectivity index (χ1) is 24.7. The van der Waals surface area contributed by atoms with Crippen LogP contribution in [0.3, 0.4) is 0 Å². The number of aromatic nitrogens is 2. The minimum atomic E-state index is -5.16. The Morgan fingerprint density at radius 3 is 1.51 bits per heavy atom. The molecular formula is C45H37Cl2N2SiZr. The molecule has 249 valence electrons. The van der Waals surface area contributed by atoms with Gasteiger partial charge in [-0.1, -0.05) is 0 Å². The number of hydrogen-bond donors (Lipinski definition) is 0. The van der Waals surface area contributed by atoms with E-state index in [-0.39, 0.29) is 7.25 Å². The first kappa shape index (κ1) is 33.0. The first-order valence-electron chi connectivity index (χ1n) is 17.7. The van der Waals surface area contributed by atoms with Gasteiger partial charge in [0.05, 0.1) is 0 Å². The molecule has 5 aromatic carbocycles. The van der Waals surface area contributed by atoms with Crippen molar-refractivity contribution in [2.24, 2.45) is 0 Å². The molecule has 2 aliphatic rings. The third kappa shape index (κ3) is 5.13. The summed E-state index contributed by atoms with van der Waals surface area (Å²) < 4.78 is -0.0894. The van der Waals surface area contributed by atoms with Gasteiger partial charge in [0.25, 0.3) is 0 Å². The summed E-state index contributed by atoms with van der Waals surface area (Å²) in [5.74, 6) is -2.03. The number of pyridine rings is 2. The van der Waals surface area contributed by atoms with Gasteiger partial charge in [-0.25, -0.2) is 0 Å². The summed E-state index contributed by atoms with van der Waals surface area (Å²) in [6, 6.07) is 45.8. The van der Waals surface area contributed by atoms with Crippen LogP contribution in [0.5, 0.6) is 0 Å². The quantitative estimate of drug-likeness (QED) is 0.157. The maximum atomic E-state index is 8.85. The standard InChI is InChI=1S/2C19H14N.C7H9Si.2ClH.Zr/c2*1-13-10-15-7-8-16(12-17(15)11-13)18-6-2-4-14-5-3-9-20-19(14)18;1-8-7-5-3-2-4-6-7;;;/h2*2-12H,1H3;2-6,8H,1H3;2*1H;/q;;;;;+2/p-2. The fraction of sp³-hybridized carbons (Fsp3) is 0.111. The Kier molecular flexibility index (Phi) is 7.98. The van der Waals surface area contributed by atoms with Crippen LogP contribution in [-0.2, 0) is 15.6 Å². The molecule has 0 saturated carbocycles. The zero-order chi connectivity index (χ0) is 34.9. The van der Waals surface area contributed by atoms with Crippen LogP contribution in [0, 0.1) is 0 Å². The summed E-state index contributed by atoms with van der Waals surface area (Å²) in [6.07, 6.45) is 8.46. The molecule has 7 aromatic rings. The van der Waals surface area contributed by atoms with E-state index in [0.29, 0.717) is 0 Å². The van der Waals surface area contributed by atoms with Gasteiger partial charge in [0.15, 0.2) is 0 Å². The molecule has 0 bridgehead atoms. The van der Waals surface area contributed by atoms with Gasteiger partial charge in [-0.05, 0) is 0 Å². The van der Waals surface area contributed by atoms with E-state index in [9.17, 15) is 0 Å². The second kappa shape index (κ2) is 12.3. The van der Waals surface area contributed by atoms with Crippen molar-refractivity contribution in [2.45, 2.75) is 27.6 Å². The summed E-state index contributed by atoms with van der Waals surface area (Å²) in [5, 5.41) is 3.60. The monoisotopic (exact) mass is 793 g/mol. The average Bonchev–Trinajstić information content (AvgIpc) is 3.69. The van der Waals surface area contributed by atoms with E-state index in [1.54, 1.807) is 0 Å². The number of allylic oxidation sites excluding steroid dienone is 2. The fourth-order valence-electron chi connectivity index (χ4n) is 9.26. The Balaban J connectivity index is 1.27. The van der Waals surface area contributed by atoms with Crippen LogP contribution in [0.15, 0.2) is 151 Å². The number of halogens is 2. The van der Waals surface area contributed by atoms with Crippen LogP contribution < -0.4 is 5.19 Å². The van der Waals surface area contributed by atoms with Crippen LogP contribution in [-0.4, -0.2) is 15.9 Å². The molecule has 0 radical (unpaired) electrons. The van der Waals surface area contributed by atoms with Crippen molar-refractivity contribution in [1.29, 1.82) is 0 Å². The van der Waals surface area contributed by atoms with Gasteiger partial charge >= 0.3 is 311 Å². The number of nitrogens with zero attached hydrogens (tertiary/aromatic N) is 2. The molecule has 0 saturated heterocycles. The predicted octanol–water partition coefficient (Wildman–Crippen LogP) is 12.0. The van der Waals surface area contributed by atoms with Crippen LogP contribution in [0.2, 0.25) is 6.55 Å². The number of para-hydroxylation sites is 2. The fourth-order valence-corrected chi connectivity index (χ4v) is 51.4. The summed E-state index contributed by atoms with van der Waals surface area (Å²) in [7, 11) is 17.7. The number of fused-ring (bicyclic) bond motifs is 4. The summed E-state index contributed by atoms with van der Waals surface area (Å²) in [4.78, 5) is 9.62. The molecule has 6 heteroatoms. The van der Waals surface area contributed by atoms with Gasteiger partial charge in [-0.15, -0.1) is 0 Å². The number of benzene rings is 5. The Hall–Kier alpha value is -3.92. The molecular weight excluding hydrogens is 759 g/mol. The molecule has 51 heavy (non-hydrogen) atoms. The molecule has 2 nitrogen and oxygen atoms in total. The van der Waals surface area contributed by atoms with E-state index in [0.717, 1.165) is 44.1 Å². The molecule has 2 aromatic heterocycles. The van der Waals surface area contributed by atoms with Crippen molar-refractivity contribution in [3.05, 3.63) is 173 Å². The zero-order valence-corrected chi connectivity index (χ0v) is 33.9. The molecule has 2 heterocycles. The third-order valence-corrected chi connectivity index (χ3v) is 59.2. The van der Waals surface area contributed by atoms with Crippen molar-refractivity contribution >= 4 is 62.1 Å². The topological polar surface area (TPSA) is 25.8 Å². The van der Waals surface area contributed by atoms with Gasteiger partial charge < -0.3 is 0 Å². The molecule has 3 atom stereocenters. The second-order valence-electron chi connectivity index (χ2n) is 14.4. The molecule has 0 N–H and O–H groups in total. The first-order valence-corrected chi connectivity index (χ1v) is 33.4. The predicted molar refractivity (Wildman–Crippen MR) is 218 cm³/mol. The van der Waals surface area contributed by atoms with Crippen molar-refractivity contribution in [2.75, 3.05) is 0 Å². The SMILES string of the molecule is CC1=Cc2ccc(-c3cccc4cccnc34)cc2[CH]1[Zr]([Cl])([Cl])([CH]1C(C)=Cc2ccc(-c3cccc4cccnc34)cc21)[SiH](C)c1ccccc1. The Morgan fingerprint density at radius 2 is 1.02 bits per heavy atom. The molecule has 9 rings (SSSR count). The Labute approximate surface area is 308 Å². The summed E-state index contributed by atoms with van der Waals surface area (Å²) in [5.41, 5.74) is 14.1. The Morgan fingerprint density at radius 1 is 0.549 bits per heavy atom. The second-order valence-corrected chi connectivity index (χ2v) is 54.6. The van der Waals surface area contributed by atoms with E-state index in [2.05, 4.69) is 148 Å². The van der Waals surface area contributed by atoms with Gasteiger partial charge in [0.2, 0.25) is 0 Å². The third-order valence-electron chi connectivity index (χ3n) is 11.6. The van der Waals surface area contributed by atoms with Gasteiger partial charge in [-0.2, -0.15) is 0 Å². The molecule has 0 spiro atoms. The molecule has 2 aliphatic carbocycles. The van der Waals surface area contributed by atoms with Crippen LogP contribution >= 0.6 is 17.0 Å². The zero-order valence-electron chi connectivity index (χ0n) is 28.8. The van der Waals surface area contributed by atoms with E-state index in [1.165, 1.54) is 38.6 Å². The number of hydrogen-bond acceptors (Lipinski definition) is 2. The van der Waals surface area contributed by atoms with E-state index in [1.807, 2.05) is 24.5 Å². The van der Waals surface area contributed by atoms with Crippen LogP contribution in [0.4, 0.5) is 0 Å². The van der Waals surface area contributed by atoms with E-state index < -0.39 is 21.5 Å². The van der Waals surface area contributed by atoms with Crippen molar-refractivity contribution in [1.82, 2.24) is 9.97 Å². The van der Waals surface area contributed by atoms with Crippen molar-refractivity contribution in [3.63, 3.8) is 0 Å². The van der Waals surface area contributed by atoms with Gasteiger partial charge in [-0.3, -0.25) is 0 Å². The summed E-state index contributed by atoms with van der Waals surface area (Å²) >= 11 is -5.16. The van der Waals surface area contributed by atoms with E-state index >= 15 is 0 Å². The molecule has 0 aliphatic heterocycles. The van der Waals surface area contributed by atoms with E-state index in [4.69, 9.17) is 27.0 Å². The minimum absolute atomic E-state index is 0.0447. The van der Waals surface area contributed by atoms with Crippen LogP contribution in [0.25, 0.3) is 56.2 Å². The van der Waals surface area contributed by atoms with Crippen molar-refractivity contribution < 1.29 is 15.6 Å². The van der Waals surface area contributed by atoms with Gasteiger partial charge in [0, 0.05) is 0 Å². The average molecular weight is 796 g/mol. The van der Waals surface area contributed by atoms with Crippen LogP contribution in [0.1, 0.15) is 43.4 Å². The number of rotatable bonds is 6. The molecule has 0 fully saturated rings. The molecule has 0 amide bonds. The maximum absolute atomic E-state index is 8.85. The molecule has 3 unspecified atom stereocenters. The Bertz CT molecular complexity index is 2430. The summed E-state index contributed by atoms with van der Waals surface area (Å²) in [6.45, 7) is 6.97. The van der Waals surface area contributed by atoms with Crippen molar-refractivity contribution in [3.8, 4) is 22.3 Å². The normalized spacial score (nSPS) is 18.1.